The van der Waals surface area contributed by atoms with Crippen molar-refractivity contribution in [3.8, 4) is 0 Å². The second kappa shape index (κ2) is 3.47. The van der Waals surface area contributed by atoms with Crippen molar-refractivity contribution in [2.75, 3.05) is 5.75 Å². The Morgan fingerprint density at radius 3 is 2.62 bits per heavy atom. The first-order chi connectivity index (χ1) is 7.58. The van der Waals surface area contributed by atoms with Gasteiger partial charge in [0.15, 0.2) is 9.84 Å². The van der Waals surface area contributed by atoms with Crippen LogP contribution in [0.5, 0.6) is 0 Å². The fraction of sp³-hybridized carbons (Fsp3) is 0.500. The lowest BCUT2D eigenvalue weighted by atomic mass is 9.91. The van der Waals surface area contributed by atoms with Gasteiger partial charge in [0.1, 0.15) is 0 Å². The standard InChI is InChI=1S/C12H13ClO2S/c13-9-3-4-12-11(7-9)10(8-1-2-8)5-6-16(12,14)15/h3-4,7-8,10H,1-2,5-6H2. The molecule has 0 bridgehead atoms. The summed E-state index contributed by atoms with van der Waals surface area (Å²) in [5.74, 6) is 1.40. The molecule has 1 unspecified atom stereocenters. The third-order valence-electron chi connectivity index (χ3n) is 3.59. The van der Waals surface area contributed by atoms with Crippen molar-refractivity contribution in [1.29, 1.82) is 0 Å². The van der Waals surface area contributed by atoms with Gasteiger partial charge in [-0.05, 0) is 54.9 Å². The van der Waals surface area contributed by atoms with E-state index in [9.17, 15) is 8.42 Å². The second-order valence-electron chi connectivity index (χ2n) is 4.73. The monoisotopic (exact) mass is 256 g/mol. The topological polar surface area (TPSA) is 34.1 Å². The summed E-state index contributed by atoms with van der Waals surface area (Å²) in [6, 6.07) is 5.19. The van der Waals surface area contributed by atoms with Gasteiger partial charge in [-0.2, -0.15) is 0 Å². The molecule has 1 atom stereocenters. The molecule has 1 saturated carbocycles. The second-order valence-corrected chi connectivity index (χ2v) is 7.25. The van der Waals surface area contributed by atoms with Gasteiger partial charge in [-0.1, -0.05) is 11.6 Å². The van der Waals surface area contributed by atoms with E-state index >= 15 is 0 Å². The number of sulfone groups is 1. The first-order valence-electron chi connectivity index (χ1n) is 5.60. The third kappa shape index (κ3) is 1.66. The van der Waals surface area contributed by atoms with Gasteiger partial charge in [-0.3, -0.25) is 0 Å². The van der Waals surface area contributed by atoms with Gasteiger partial charge in [-0.15, -0.1) is 0 Å². The lowest BCUT2D eigenvalue weighted by Crippen LogP contribution is -2.21. The van der Waals surface area contributed by atoms with E-state index in [4.69, 9.17) is 11.6 Å². The Hall–Kier alpha value is -0.540. The molecule has 0 spiro atoms. The molecule has 0 aromatic heterocycles. The van der Waals surface area contributed by atoms with Crippen molar-refractivity contribution in [3.05, 3.63) is 28.8 Å². The zero-order valence-electron chi connectivity index (χ0n) is 8.82. The molecule has 0 amide bonds. The number of fused-ring (bicyclic) bond motifs is 1. The van der Waals surface area contributed by atoms with Gasteiger partial charge in [0, 0.05) is 5.02 Å². The Kier molecular flexibility index (Phi) is 2.30. The van der Waals surface area contributed by atoms with Crippen LogP contribution in [-0.2, 0) is 9.84 Å². The minimum absolute atomic E-state index is 0.294. The molecule has 16 heavy (non-hydrogen) atoms. The first kappa shape index (κ1) is 10.6. The fourth-order valence-corrected chi connectivity index (χ4v) is 4.44. The van der Waals surface area contributed by atoms with Crippen LogP contribution in [-0.4, -0.2) is 14.2 Å². The van der Waals surface area contributed by atoms with Crippen molar-refractivity contribution in [1.82, 2.24) is 0 Å². The Bertz CT molecular complexity index is 532. The molecular weight excluding hydrogens is 244 g/mol. The van der Waals surface area contributed by atoms with Crippen LogP contribution in [0.4, 0.5) is 0 Å². The summed E-state index contributed by atoms with van der Waals surface area (Å²) in [5.41, 5.74) is 0.959. The van der Waals surface area contributed by atoms with Crippen molar-refractivity contribution in [3.63, 3.8) is 0 Å². The van der Waals surface area contributed by atoms with Crippen LogP contribution in [0.3, 0.4) is 0 Å². The molecular formula is C12H13ClO2S. The SMILES string of the molecule is O=S1(=O)CCC(C2CC2)c2cc(Cl)ccc21. The summed E-state index contributed by atoms with van der Waals surface area (Å²) < 4.78 is 23.9. The van der Waals surface area contributed by atoms with Gasteiger partial charge in [0.25, 0.3) is 0 Å². The maximum absolute atomic E-state index is 11.9. The van der Waals surface area contributed by atoms with Crippen LogP contribution >= 0.6 is 11.6 Å². The highest BCUT2D eigenvalue weighted by molar-refractivity contribution is 7.91. The average Bonchev–Trinajstić information content (AvgIpc) is 3.01. The van der Waals surface area contributed by atoms with Gasteiger partial charge < -0.3 is 0 Å². The Labute approximate surface area is 101 Å². The fourth-order valence-electron chi connectivity index (χ4n) is 2.63. The zero-order chi connectivity index (χ0) is 11.3. The molecule has 2 nitrogen and oxygen atoms in total. The lowest BCUT2D eigenvalue weighted by Gasteiger charge is -2.25. The number of halogens is 1. The van der Waals surface area contributed by atoms with Crippen molar-refractivity contribution in [2.45, 2.75) is 30.1 Å². The van der Waals surface area contributed by atoms with E-state index in [1.807, 2.05) is 6.07 Å². The zero-order valence-corrected chi connectivity index (χ0v) is 10.4. The quantitative estimate of drug-likeness (QED) is 0.774. The van der Waals surface area contributed by atoms with Crippen molar-refractivity contribution in [2.24, 2.45) is 5.92 Å². The van der Waals surface area contributed by atoms with E-state index in [1.165, 1.54) is 12.8 Å². The van der Waals surface area contributed by atoms with Crippen LogP contribution in [0.2, 0.25) is 5.02 Å². The van der Waals surface area contributed by atoms with Gasteiger partial charge in [0.05, 0.1) is 10.6 Å². The summed E-state index contributed by atoms with van der Waals surface area (Å²) in [6.45, 7) is 0. The van der Waals surface area contributed by atoms with E-state index in [0.29, 0.717) is 27.5 Å². The van der Waals surface area contributed by atoms with E-state index < -0.39 is 9.84 Å². The van der Waals surface area contributed by atoms with E-state index in [1.54, 1.807) is 12.1 Å². The molecule has 1 heterocycles. The molecule has 3 rings (SSSR count). The summed E-state index contributed by atoms with van der Waals surface area (Å²) in [6.07, 6.45) is 3.23. The number of benzene rings is 1. The van der Waals surface area contributed by atoms with Gasteiger partial charge in [0.2, 0.25) is 0 Å². The van der Waals surface area contributed by atoms with Gasteiger partial charge in [-0.25, -0.2) is 8.42 Å². The van der Waals surface area contributed by atoms with E-state index in [-0.39, 0.29) is 0 Å². The average molecular weight is 257 g/mol. The molecule has 0 saturated heterocycles. The van der Waals surface area contributed by atoms with Crippen molar-refractivity contribution >= 4 is 21.4 Å². The summed E-state index contributed by atoms with van der Waals surface area (Å²) in [7, 11) is -3.06. The van der Waals surface area contributed by atoms with Crippen molar-refractivity contribution < 1.29 is 8.42 Å². The van der Waals surface area contributed by atoms with E-state index in [2.05, 4.69) is 0 Å². The Morgan fingerprint density at radius 1 is 1.19 bits per heavy atom. The van der Waals surface area contributed by atoms with Crippen LogP contribution in [0.25, 0.3) is 0 Å². The van der Waals surface area contributed by atoms with Crippen LogP contribution in [0.1, 0.15) is 30.7 Å². The summed E-state index contributed by atoms with van der Waals surface area (Å²) in [5, 5.41) is 0.640. The van der Waals surface area contributed by atoms with Crippen LogP contribution in [0, 0.1) is 5.92 Å². The number of hydrogen-bond donors (Lipinski definition) is 0. The highest BCUT2D eigenvalue weighted by Gasteiger charge is 2.39. The highest BCUT2D eigenvalue weighted by atomic mass is 35.5. The molecule has 1 aromatic carbocycles. The molecule has 4 heteroatoms. The Morgan fingerprint density at radius 2 is 1.94 bits per heavy atom. The molecule has 0 radical (unpaired) electrons. The van der Waals surface area contributed by atoms with Crippen LogP contribution in [0.15, 0.2) is 23.1 Å². The first-order valence-corrected chi connectivity index (χ1v) is 7.63. The maximum Gasteiger partial charge on any atom is 0.178 e. The highest BCUT2D eigenvalue weighted by Crippen LogP contribution is 2.49. The summed E-state index contributed by atoms with van der Waals surface area (Å²) >= 11 is 5.97. The van der Waals surface area contributed by atoms with Gasteiger partial charge >= 0.3 is 0 Å². The minimum atomic E-state index is -3.06. The Balaban J connectivity index is 2.17. The molecule has 1 aliphatic carbocycles. The normalized spacial score (nSPS) is 27.4. The molecule has 2 aliphatic rings. The number of hydrogen-bond acceptors (Lipinski definition) is 2. The van der Waals surface area contributed by atoms with E-state index in [0.717, 1.165) is 12.0 Å². The third-order valence-corrected chi connectivity index (χ3v) is 5.65. The molecule has 1 aromatic rings. The molecule has 86 valence electrons. The summed E-state index contributed by atoms with van der Waals surface area (Å²) in [4.78, 5) is 0.514. The minimum Gasteiger partial charge on any atom is -0.224 e. The smallest absolute Gasteiger partial charge is 0.178 e. The lowest BCUT2D eigenvalue weighted by molar-refractivity contribution is 0.534. The predicted molar refractivity (Wildman–Crippen MR) is 63.6 cm³/mol. The molecule has 1 aliphatic heterocycles. The predicted octanol–water partition coefficient (Wildman–Crippen LogP) is 3.01. The van der Waals surface area contributed by atoms with Crippen LogP contribution < -0.4 is 0 Å². The molecule has 0 N–H and O–H groups in total. The number of rotatable bonds is 1. The largest absolute Gasteiger partial charge is 0.224 e. The maximum atomic E-state index is 11.9. The molecule has 1 fully saturated rings.